The van der Waals surface area contributed by atoms with E-state index < -0.39 is 23.8 Å². The summed E-state index contributed by atoms with van der Waals surface area (Å²) < 4.78 is 45.3. The van der Waals surface area contributed by atoms with Gasteiger partial charge in [-0.15, -0.1) is 0 Å². The van der Waals surface area contributed by atoms with E-state index in [-0.39, 0.29) is 24.8 Å². The Labute approximate surface area is 268 Å². The molecule has 46 heavy (non-hydrogen) atoms. The number of carbonyl (C=O) groups is 2. The van der Waals surface area contributed by atoms with Crippen LogP contribution in [0, 0.1) is 5.92 Å². The third-order valence-corrected chi connectivity index (χ3v) is 8.64. The van der Waals surface area contributed by atoms with E-state index in [0.717, 1.165) is 56.6 Å². The molecule has 2 fully saturated rings. The molecule has 0 unspecified atom stereocenters. The fraction of sp³-hybridized carbons (Fsp3) is 0.429. The number of hydrogen-bond donors (Lipinski definition) is 3. The van der Waals surface area contributed by atoms with Crippen LogP contribution >= 0.6 is 0 Å². The number of carbonyl (C=O) groups excluding carboxylic acids is 2. The number of alkyl halides is 3. The quantitative estimate of drug-likeness (QED) is 0.254. The maximum atomic E-state index is 14.1. The van der Waals surface area contributed by atoms with Crippen molar-refractivity contribution in [2.24, 2.45) is 11.7 Å². The van der Waals surface area contributed by atoms with Crippen LogP contribution in [0.2, 0.25) is 0 Å². The molecule has 0 aliphatic carbocycles. The number of amides is 2. The van der Waals surface area contributed by atoms with E-state index in [4.69, 9.17) is 10.5 Å². The van der Waals surface area contributed by atoms with Crippen LogP contribution in [0.4, 0.5) is 13.2 Å². The van der Waals surface area contributed by atoms with Crippen molar-refractivity contribution in [1.82, 2.24) is 20.4 Å². The standard InChI is InChI=1S/C35H42F3N5O3/c36-35(37,38)28-11-7-25(8-12-28)21-31-34(45)43(23-26-9-13-30(14-10-26)46-29-5-2-1-3-6-29)32(33(44)41-31)24-42(20-4-17-39)22-27-15-18-40-19-16-27/h1-3,5-14,27,31-32,40H,4,15-24,39H2,(H,41,44)/t31-,32-/m0/s1. The molecule has 4 N–H and O–H groups in total. The van der Waals surface area contributed by atoms with Gasteiger partial charge in [0.15, 0.2) is 0 Å². The molecule has 0 saturated carbocycles. The predicted octanol–water partition coefficient (Wildman–Crippen LogP) is 4.59. The summed E-state index contributed by atoms with van der Waals surface area (Å²) in [5.74, 6) is 1.29. The molecule has 0 bridgehead atoms. The zero-order valence-electron chi connectivity index (χ0n) is 25.8. The third-order valence-electron chi connectivity index (χ3n) is 8.64. The topological polar surface area (TPSA) is 99.9 Å². The van der Waals surface area contributed by atoms with Crippen LogP contribution in [-0.2, 0) is 28.7 Å². The molecule has 2 aliphatic heterocycles. The van der Waals surface area contributed by atoms with E-state index in [2.05, 4.69) is 15.5 Å². The lowest BCUT2D eigenvalue weighted by molar-refractivity contribution is -0.151. The van der Waals surface area contributed by atoms with E-state index in [1.54, 1.807) is 4.90 Å². The summed E-state index contributed by atoms with van der Waals surface area (Å²) in [6.07, 6.45) is -1.51. The second kappa shape index (κ2) is 15.6. The fourth-order valence-electron chi connectivity index (χ4n) is 6.13. The first-order chi connectivity index (χ1) is 22.2. The second-order valence-corrected chi connectivity index (χ2v) is 12.1. The van der Waals surface area contributed by atoms with Gasteiger partial charge in [-0.1, -0.05) is 42.5 Å². The summed E-state index contributed by atoms with van der Waals surface area (Å²) in [5.41, 5.74) is 6.45. The summed E-state index contributed by atoms with van der Waals surface area (Å²) in [5, 5.41) is 6.29. The second-order valence-electron chi connectivity index (χ2n) is 12.1. The van der Waals surface area contributed by atoms with Crippen LogP contribution in [0.25, 0.3) is 0 Å². The van der Waals surface area contributed by atoms with Crippen molar-refractivity contribution in [2.75, 3.05) is 39.3 Å². The highest BCUT2D eigenvalue weighted by molar-refractivity contribution is 5.97. The molecule has 3 aromatic rings. The Morgan fingerprint density at radius 2 is 1.52 bits per heavy atom. The molecule has 2 amide bonds. The molecule has 2 saturated heterocycles. The lowest BCUT2D eigenvalue weighted by atomic mass is 9.96. The van der Waals surface area contributed by atoms with Crippen LogP contribution in [0.3, 0.4) is 0 Å². The first kappa shape index (κ1) is 33.4. The Kier molecular flexibility index (Phi) is 11.3. The van der Waals surface area contributed by atoms with Crippen LogP contribution in [0.5, 0.6) is 11.5 Å². The monoisotopic (exact) mass is 637 g/mol. The third kappa shape index (κ3) is 9.08. The molecule has 0 radical (unpaired) electrons. The number of nitrogens with two attached hydrogens (primary N) is 1. The van der Waals surface area contributed by atoms with Gasteiger partial charge in [-0.3, -0.25) is 9.59 Å². The minimum atomic E-state index is -4.46. The van der Waals surface area contributed by atoms with Crippen molar-refractivity contribution in [3.63, 3.8) is 0 Å². The number of piperazine rings is 1. The lowest BCUT2D eigenvalue weighted by Gasteiger charge is -2.42. The van der Waals surface area contributed by atoms with Gasteiger partial charge in [0.05, 0.1) is 5.56 Å². The van der Waals surface area contributed by atoms with Gasteiger partial charge in [0, 0.05) is 26.1 Å². The van der Waals surface area contributed by atoms with Crippen LogP contribution < -0.4 is 21.1 Å². The number of para-hydroxylation sites is 1. The number of halogens is 3. The Balaban J connectivity index is 1.35. The number of rotatable bonds is 13. The molecule has 0 aromatic heterocycles. The smallest absolute Gasteiger partial charge is 0.416 e. The first-order valence-corrected chi connectivity index (χ1v) is 15.9. The maximum Gasteiger partial charge on any atom is 0.416 e. The molecule has 0 spiro atoms. The molecule has 2 aliphatic rings. The largest absolute Gasteiger partial charge is 0.457 e. The number of piperidine rings is 1. The van der Waals surface area contributed by atoms with Gasteiger partial charge < -0.3 is 30.9 Å². The van der Waals surface area contributed by atoms with Crippen LogP contribution in [0.1, 0.15) is 36.0 Å². The summed E-state index contributed by atoms with van der Waals surface area (Å²) >= 11 is 0. The van der Waals surface area contributed by atoms with Crippen molar-refractivity contribution in [3.05, 3.63) is 95.6 Å². The zero-order valence-corrected chi connectivity index (χ0v) is 25.8. The summed E-state index contributed by atoms with van der Waals surface area (Å²) in [6, 6.07) is 19.9. The van der Waals surface area contributed by atoms with Gasteiger partial charge in [-0.25, -0.2) is 0 Å². The highest BCUT2D eigenvalue weighted by Crippen LogP contribution is 2.30. The normalized spacial score (nSPS) is 19.4. The molecular formula is C35H42F3N5O3. The highest BCUT2D eigenvalue weighted by atomic mass is 19.4. The van der Waals surface area contributed by atoms with Crippen LogP contribution in [0.15, 0.2) is 78.9 Å². The molecule has 5 rings (SSSR count). The Morgan fingerprint density at radius 1 is 0.870 bits per heavy atom. The van der Waals surface area contributed by atoms with E-state index in [1.165, 1.54) is 12.1 Å². The van der Waals surface area contributed by atoms with Gasteiger partial charge in [-0.2, -0.15) is 13.2 Å². The number of nitrogens with zero attached hydrogens (tertiary/aromatic N) is 2. The summed E-state index contributed by atoms with van der Waals surface area (Å²) in [6.45, 7) is 4.53. The highest BCUT2D eigenvalue weighted by Gasteiger charge is 2.41. The minimum Gasteiger partial charge on any atom is -0.457 e. The molecular weight excluding hydrogens is 595 g/mol. The van der Waals surface area contributed by atoms with Crippen LogP contribution in [-0.4, -0.2) is 73.0 Å². The SMILES string of the molecule is NCCCN(CC1CCNCC1)C[C@H]1C(=O)N[C@@H](Cc2ccc(C(F)(F)F)cc2)C(=O)N1Cc1ccc(Oc2ccccc2)cc1. The Morgan fingerprint density at radius 3 is 2.17 bits per heavy atom. The number of ether oxygens (including phenoxy) is 1. The molecule has 3 aromatic carbocycles. The van der Waals surface area contributed by atoms with Gasteiger partial charge in [0.2, 0.25) is 11.8 Å². The number of benzene rings is 3. The molecule has 2 atom stereocenters. The molecule has 8 nitrogen and oxygen atoms in total. The van der Waals surface area contributed by atoms with E-state index in [0.29, 0.717) is 42.6 Å². The summed E-state index contributed by atoms with van der Waals surface area (Å²) in [4.78, 5) is 31.7. The Hall–Kier alpha value is -3.93. The van der Waals surface area contributed by atoms with Crippen molar-refractivity contribution in [3.8, 4) is 11.5 Å². The number of nitrogens with one attached hydrogen (secondary N) is 2. The number of hydrogen-bond acceptors (Lipinski definition) is 6. The molecule has 2 heterocycles. The molecule has 11 heteroatoms. The lowest BCUT2D eigenvalue weighted by Crippen LogP contribution is -2.66. The van der Waals surface area contributed by atoms with Crippen molar-refractivity contribution >= 4 is 11.8 Å². The average Bonchev–Trinajstić information content (AvgIpc) is 3.05. The average molecular weight is 638 g/mol. The van der Waals surface area contributed by atoms with Gasteiger partial charge >= 0.3 is 6.18 Å². The van der Waals surface area contributed by atoms with E-state index in [9.17, 15) is 22.8 Å². The van der Waals surface area contributed by atoms with Gasteiger partial charge in [-0.05, 0) is 98.9 Å². The molecule has 246 valence electrons. The van der Waals surface area contributed by atoms with E-state index >= 15 is 0 Å². The van der Waals surface area contributed by atoms with Gasteiger partial charge in [0.25, 0.3) is 0 Å². The zero-order chi connectivity index (χ0) is 32.5. The predicted molar refractivity (Wildman–Crippen MR) is 170 cm³/mol. The van der Waals surface area contributed by atoms with Crippen molar-refractivity contribution in [1.29, 1.82) is 0 Å². The Bertz CT molecular complexity index is 1410. The van der Waals surface area contributed by atoms with E-state index in [1.807, 2.05) is 54.6 Å². The minimum absolute atomic E-state index is 0.0851. The van der Waals surface area contributed by atoms with Crippen molar-refractivity contribution in [2.45, 2.75) is 50.5 Å². The van der Waals surface area contributed by atoms with Crippen molar-refractivity contribution < 1.29 is 27.5 Å². The van der Waals surface area contributed by atoms with Gasteiger partial charge in [0.1, 0.15) is 23.6 Å². The maximum absolute atomic E-state index is 14.1. The summed E-state index contributed by atoms with van der Waals surface area (Å²) in [7, 11) is 0. The first-order valence-electron chi connectivity index (χ1n) is 15.9. The fourth-order valence-corrected chi connectivity index (χ4v) is 6.13.